The number of carbonyl (C=O) groups excluding carboxylic acids is 2. The van der Waals surface area contributed by atoms with Crippen molar-refractivity contribution >= 4 is 34.8 Å². The highest BCUT2D eigenvalue weighted by Gasteiger charge is 2.25. The van der Waals surface area contributed by atoms with Gasteiger partial charge in [0.1, 0.15) is 16.4 Å². The van der Waals surface area contributed by atoms with Crippen LogP contribution in [0.4, 0.5) is 0 Å². The van der Waals surface area contributed by atoms with Crippen molar-refractivity contribution in [3.63, 3.8) is 0 Å². The van der Waals surface area contributed by atoms with E-state index in [2.05, 4.69) is 15.0 Å². The lowest BCUT2D eigenvalue weighted by molar-refractivity contribution is 0.0716. The van der Waals surface area contributed by atoms with Crippen molar-refractivity contribution in [2.24, 2.45) is 0 Å². The van der Waals surface area contributed by atoms with E-state index in [-0.39, 0.29) is 11.8 Å². The number of rotatable bonds is 3. The lowest BCUT2D eigenvalue weighted by Crippen LogP contribution is -2.37. The van der Waals surface area contributed by atoms with E-state index in [0.29, 0.717) is 59.6 Å². The maximum absolute atomic E-state index is 12.9. The number of hydrogen-bond donors (Lipinski definition) is 0. The zero-order valence-electron chi connectivity index (χ0n) is 15.5. The molecule has 1 aromatic carbocycles. The number of aromatic nitrogens is 3. The molecule has 1 fully saturated rings. The van der Waals surface area contributed by atoms with E-state index in [9.17, 15) is 9.59 Å². The van der Waals surface area contributed by atoms with E-state index < -0.39 is 0 Å². The molecular weight excluding hydrogens is 410 g/mol. The third-order valence-electron chi connectivity index (χ3n) is 4.68. The van der Waals surface area contributed by atoms with Gasteiger partial charge in [0.25, 0.3) is 11.8 Å². The second kappa shape index (κ2) is 8.67. The molecule has 4 rings (SSSR count). The molecule has 29 heavy (non-hydrogen) atoms. The molecule has 1 aliphatic rings. The number of hydrogen-bond acceptors (Lipinski definition) is 6. The maximum atomic E-state index is 12.9. The van der Waals surface area contributed by atoms with Crippen LogP contribution in [0.1, 0.15) is 27.3 Å². The first-order valence-electron chi connectivity index (χ1n) is 9.18. The smallest absolute Gasteiger partial charge is 0.273 e. The minimum absolute atomic E-state index is 0.108. The molecule has 1 saturated heterocycles. The summed E-state index contributed by atoms with van der Waals surface area (Å²) in [6.45, 7) is 2.06. The molecule has 0 spiro atoms. The molecule has 0 radical (unpaired) electrons. The lowest BCUT2D eigenvalue weighted by Gasteiger charge is -2.22. The Balaban J connectivity index is 1.43. The summed E-state index contributed by atoms with van der Waals surface area (Å²) in [6.07, 6.45) is 5.51. The first-order chi connectivity index (χ1) is 14.1. The van der Waals surface area contributed by atoms with Gasteiger partial charge in [-0.1, -0.05) is 23.7 Å². The monoisotopic (exact) mass is 427 g/mol. The summed E-state index contributed by atoms with van der Waals surface area (Å²) in [5.74, 6) is -0.244. The second-order valence-corrected chi connectivity index (χ2v) is 7.81. The Hall–Kier alpha value is -2.84. The molecule has 3 heterocycles. The molecule has 0 saturated carbocycles. The number of benzene rings is 1. The Labute approximate surface area is 177 Å². The van der Waals surface area contributed by atoms with Crippen molar-refractivity contribution in [2.45, 2.75) is 6.42 Å². The Morgan fingerprint density at radius 2 is 1.76 bits per heavy atom. The first kappa shape index (κ1) is 19.5. The van der Waals surface area contributed by atoms with Gasteiger partial charge in [-0.05, 0) is 18.6 Å². The lowest BCUT2D eigenvalue weighted by atomic mass is 10.2. The first-order valence-corrected chi connectivity index (χ1v) is 10.4. The van der Waals surface area contributed by atoms with Crippen LogP contribution in [0.3, 0.4) is 0 Å². The third kappa shape index (κ3) is 4.28. The molecule has 2 amide bonds. The highest BCUT2D eigenvalue weighted by Crippen LogP contribution is 2.22. The predicted molar refractivity (Wildman–Crippen MR) is 111 cm³/mol. The fourth-order valence-corrected chi connectivity index (χ4v) is 4.16. The number of thiazole rings is 1. The van der Waals surface area contributed by atoms with E-state index >= 15 is 0 Å². The minimum Gasteiger partial charge on any atom is -0.337 e. The van der Waals surface area contributed by atoms with Crippen LogP contribution in [-0.2, 0) is 0 Å². The van der Waals surface area contributed by atoms with E-state index in [1.165, 1.54) is 11.3 Å². The van der Waals surface area contributed by atoms with Crippen LogP contribution >= 0.6 is 22.9 Å². The molecule has 0 aliphatic carbocycles. The van der Waals surface area contributed by atoms with Gasteiger partial charge in [0.2, 0.25) is 0 Å². The summed E-state index contributed by atoms with van der Waals surface area (Å²) in [5, 5.41) is 2.84. The van der Waals surface area contributed by atoms with Crippen LogP contribution in [0.5, 0.6) is 0 Å². The maximum Gasteiger partial charge on any atom is 0.273 e. The molecule has 2 aromatic heterocycles. The molecule has 9 heteroatoms. The topological polar surface area (TPSA) is 79.3 Å². The third-order valence-corrected chi connectivity index (χ3v) is 5.87. The summed E-state index contributed by atoms with van der Waals surface area (Å²) in [6, 6.07) is 7.02. The number of carbonyl (C=O) groups is 2. The van der Waals surface area contributed by atoms with Crippen LogP contribution in [0.15, 0.2) is 48.2 Å². The van der Waals surface area contributed by atoms with E-state index in [0.717, 1.165) is 0 Å². The largest absolute Gasteiger partial charge is 0.337 e. The Kier molecular flexibility index (Phi) is 5.82. The van der Waals surface area contributed by atoms with Gasteiger partial charge in [-0.15, -0.1) is 11.3 Å². The molecule has 3 aromatic rings. The van der Waals surface area contributed by atoms with Gasteiger partial charge in [-0.25, -0.2) is 4.98 Å². The molecule has 0 unspecified atom stereocenters. The van der Waals surface area contributed by atoms with Crippen LogP contribution in [0.2, 0.25) is 5.02 Å². The minimum atomic E-state index is -0.136. The number of halogens is 1. The van der Waals surface area contributed by atoms with Crippen LogP contribution in [-0.4, -0.2) is 62.7 Å². The predicted octanol–water partition coefficient (Wildman–Crippen LogP) is 3.24. The summed E-state index contributed by atoms with van der Waals surface area (Å²) in [7, 11) is 0. The molecule has 7 nitrogen and oxygen atoms in total. The fourth-order valence-electron chi connectivity index (χ4n) is 3.19. The standard InChI is InChI=1S/C20H18ClN5O2S/c21-15-5-2-1-4-14(15)19(27)25-8-3-9-26(11-10-25)20(28)17-13-29-18(24-17)16-12-22-6-7-23-16/h1-2,4-7,12-13H,3,8-11H2. The molecule has 148 valence electrons. The quantitative estimate of drug-likeness (QED) is 0.641. The van der Waals surface area contributed by atoms with Gasteiger partial charge in [-0.2, -0.15) is 0 Å². The second-order valence-electron chi connectivity index (χ2n) is 6.55. The number of amides is 2. The van der Waals surface area contributed by atoms with Crippen molar-refractivity contribution in [1.29, 1.82) is 0 Å². The van der Waals surface area contributed by atoms with E-state index in [4.69, 9.17) is 11.6 Å². The zero-order chi connectivity index (χ0) is 20.2. The average Bonchev–Trinajstić information content (AvgIpc) is 3.12. The molecule has 0 atom stereocenters. The van der Waals surface area contributed by atoms with Gasteiger partial charge in [-0.3, -0.25) is 19.6 Å². The van der Waals surface area contributed by atoms with Crippen LogP contribution in [0.25, 0.3) is 10.7 Å². The van der Waals surface area contributed by atoms with Crippen molar-refractivity contribution in [2.75, 3.05) is 26.2 Å². The highest BCUT2D eigenvalue weighted by atomic mass is 35.5. The zero-order valence-corrected chi connectivity index (χ0v) is 17.1. The summed E-state index contributed by atoms with van der Waals surface area (Å²) in [5.41, 5.74) is 1.52. The average molecular weight is 428 g/mol. The Morgan fingerprint density at radius 3 is 2.48 bits per heavy atom. The number of nitrogens with zero attached hydrogens (tertiary/aromatic N) is 5. The summed E-state index contributed by atoms with van der Waals surface area (Å²) < 4.78 is 0. The van der Waals surface area contributed by atoms with Crippen molar-refractivity contribution < 1.29 is 9.59 Å². The van der Waals surface area contributed by atoms with Gasteiger partial charge >= 0.3 is 0 Å². The summed E-state index contributed by atoms with van der Waals surface area (Å²) in [4.78, 5) is 41.9. The SMILES string of the molecule is O=C(c1csc(-c2cnccn2)n1)N1CCCN(C(=O)c2ccccc2Cl)CC1. The Bertz CT molecular complexity index is 1030. The van der Waals surface area contributed by atoms with Crippen molar-refractivity contribution in [3.8, 4) is 10.7 Å². The van der Waals surface area contributed by atoms with Crippen molar-refractivity contribution in [1.82, 2.24) is 24.8 Å². The van der Waals surface area contributed by atoms with Gasteiger partial charge < -0.3 is 9.80 Å². The van der Waals surface area contributed by atoms with Gasteiger partial charge in [0.05, 0.1) is 16.8 Å². The molecule has 1 aliphatic heterocycles. The van der Waals surface area contributed by atoms with Crippen LogP contribution in [0, 0.1) is 0 Å². The Morgan fingerprint density at radius 1 is 1.00 bits per heavy atom. The normalized spacial score (nSPS) is 14.5. The molecular formula is C20H18ClN5O2S. The molecule has 0 bridgehead atoms. The van der Waals surface area contributed by atoms with Crippen LogP contribution < -0.4 is 0 Å². The van der Waals surface area contributed by atoms with Gasteiger partial charge in [0, 0.05) is 44.0 Å². The van der Waals surface area contributed by atoms with Crippen molar-refractivity contribution in [3.05, 3.63) is 64.5 Å². The van der Waals surface area contributed by atoms with Gasteiger partial charge in [0.15, 0.2) is 0 Å². The van der Waals surface area contributed by atoms with E-state index in [1.807, 2.05) is 0 Å². The van der Waals surface area contributed by atoms with E-state index in [1.54, 1.807) is 58.0 Å². The highest BCUT2D eigenvalue weighted by molar-refractivity contribution is 7.13. The molecule has 0 N–H and O–H groups in total. The fraction of sp³-hybridized carbons (Fsp3) is 0.250. The summed E-state index contributed by atoms with van der Waals surface area (Å²) >= 11 is 7.53.